The number of ether oxygens (including phenoxy) is 1. The second kappa shape index (κ2) is 13.2. The van der Waals surface area contributed by atoms with Crippen LogP contribution in [0.5, 0.6) is 11.5 Å². The van der Waals surface area contributed by atoms with Crippen molar-refractivity contribution < 1.29 is 43.3 Å². The zero-order valence-corrected chi connectivity index (χ0v) is 30.7. The van der Waals surface area contributed by atoms with Crippen LogP contribution in [0, 0.1) is 49.7 Å². The van der Waals surface area contributed by atoms with Crippen molar-refractivity contribution in [2.75, 3.05) is 35.9 Å². The van der Waals surface area contributed by atoms with Crippen molar-refractivity contribution in [3.05, 3.63) is 104 Å². The summed E-state index contributed by atoms with van der Waals surface area (Å²) in [5.74, 6) is -8.56. The highest BCUT2D eigenvalue weighted by Crippen LogP contribution is 2.64. The Morgan fingerprint density at radius 3 is 2.13 bits per heavy atom. The Morgan fingerprint density at radius 1 is 0.909 bits per heavy atom. The predicted octanol–water partition coefficient (Wildman–Crippen LogP) is 5.74. The fourth-order valence-corrected chi connectivity index (χ4v) is 9.25. The highest BCUT2D eigenvalue weighted by molar-refractivity contribution is 6.58. The second-order valence-electron chi connectivity index (χ2n) is 13.8. The van der Waals surface area contributed by atoms with Gasteiger partial charge in [0.15, 0.2) is 26.9 Å². The van der Waals surface area contributed by atoms with Gasteiger partial charge in [-0.15, -0.1) is 23.2 Å². The number of carbonyl (C=O) groups excluding carboxylic acids is 4. The van der Waals surface area contributed by atoms with Crippen LogP contribution in [0.3, 0.4) is 0 Å². The summed E-state index contributed by atoms with van der Waals surface area (Å²) in [5.41, 5.74) is -1.25. The van der Waals surface area contributed by atoms with Crippen LogP contribution < -0.4 is 19.4 Å². The maximum Gasteiger partial charge on any atom is 0.301 e. The number of phenolic OH excluding ortho intramolecular Hbond substituents is 1. The maximum absolute atomic E-state index is 14.5. The van der Waals surface area contributed by atoms with Gasteiger partial charge in [0, 0.05) is 32.1 Å². The molecule has 3 aromatic rings. The van der Waals surface area contributed by atoms with Gasteiger partial charge in [-0.3, -0.25) is 39.4 Å². The standard InChI is InChI=1S/C37H30Cl2FN5O10/c1-41(2)31-26(44(51)52)15-21(16-27(31)45(53)54)42-32(47)23-11-10-22-24(30(23)33(42)48)17-36(38)34(49)43(20-8-6-19(40)7-9-20)35(50)37(36,39)25(22)12-4-18-5-13-28(46)29(14-18)55-3/h4-10,12-16,23-25,30,46H,11,17H2,1-3H3/t23-,24+,25-,30-,36+,37-/m0/s1. The number of allylic oxidation sites excluding steroid dienone is 3. The van der Waals surface area contributed by atoms with E-state index in [1.807, 2.05) is 0 Å². The molecule has 0 bridgehead atoms. The number of nitrogens with zero attached hydrogens (tertiary/aromatic N) is 5. The highest BCUT2D eigenvalue weighted by atomic mass is 35.5. The zero-order chi connectivity index (χ0) is 39.9. The van der Waals surface area contributed by atoms with Crippen LogP contribution in [0.15, 0.2) is 72.3 Å². The summed E-state index contributed by atoms with van der Waals surface area (Å²) in [6.07, 6.45) is 4.31. The molecule has 6 atom stereocenters. The van der Waals surface area contributed by atoms with Crippen LogP contribution in [0.1, 0.15) is 18.4 Å². The number of methoxy groups -OCH3 is 1. The van der Waals surface area contributed by atoms with Gasteiger partial charge in [-0.05, 0) is 60.7 Å². The van der Waals surface area contributed by atoms with Crippen molar-refractivity contribution in [1.29, 1.82) is 0 Å². The average molecular weight is 795 g/mol. The molecule has 0 radical (unpaired) electrons. The molecular weight excluding hydrogens is 764 g/mol. The predicted molar refractivity (Wildman–Crippen MR) is 198 cm³/mol. The largest absolute Gasteiger partial charge is 0.504 e. The smallest absolute Gasteiger partial charge is 0.301 e. The first-order valence-corrected chi connectivity index (χ1v) is 17.5. The number of carbonyl (C=O) groups is 4. The fourth-order valence-electron chi connectivity index (χ4n) is 8.36. The topological polar surface area (TPSA) is 194 Å². The van der Waals surface area contributed by atoms with E-state index in [-0.39, 0.29) is 35.0 Å². The molecule has 0 spiro atoms. The normalized spacial score (nSPS) is 27.2. The van der Waals surface area contributed by atoms with Gasteiger partial charge in [0.1, 0.15) is 5.82 Å². The third-order valence-corrected chi connectivity index (χ3v) is 12.2. The van der Waals surface area contributed by atoms with Crippen LogP contribution >= 0.6 is 23.2 Å². The van der Waals surface area contributed by atoms with E-state index < -0.39 is 90.5 Å². The van der Waals surface area contributed by atoms with Crippen LogP contribution in [0.25, 0.3) is 6.08 Å². The van der Waals surface area contributed by atoms with E-state index in [4.69, 9.17) is 27.9 Å². The van der Waals surface area contributed by atoms with Gasteiger partial charge >= 0.3 is 11.4 Å². The molecular formula is C37H30Cl2FN5O10. The summed E-state index contributed by atoms with van der Waals surface area (Å²) in [5, 5.41) is 34.4. The first kappa shape index (κ1) is 37.4. The van der Waals surface area contributed by atoms with Gasteiger partial charge in [0.05, 0.1) is 40.2 Å². The molecule has 18 heteroatoms. The average Bonchev–Trinajstić information content (AvgIpc) is 3.48. The lowest BCUT2D eigenvalue weighted by atomic mass is 9.57. The Bertz CT molecular complexity index is 2270. The third kappa shape index (κ3) is 5.45. The number of aromatic hydroxyl groups is 1. The second-order valence-corrected chi connectivity index (χ2v) is 15.1. The lowest BCUT2D eigenvalue weighted by Gasteiger charge is -2.49. The SMILES string of the molecule is COc1cc(C=C[C@H]2C3=CC[C@@H]4C(=O)N(c5cc([N+](=O)[O-])c(N(C)C)c([N+](=O)[O-])c5)C(=O)[C@@H]4[C@@H]3C[C@@]3(Cl)C(=O)N(c4ccc(F)cc4)C(=O)[C@@]23Cl)ccc1O. The van der Waals surface area contributed by atoms with E-state index in [9.17, 15) is 48.9 Å². The number of benzene rings is 3. The lowest BCUT2D eigenvalue weighted by molar-refractivity contribution is -0.392. The number of nitro benzene ring substituents is 2. The minimum Gasteiger partial charge on any atom is -0.504 e. The van der Waals surface area contributed by atoms with Crippen molar-refractivity contribution in [1.82, 2.24) is 0 Å². The summed E-state index contributed by atoms with van der Waals surface area (Å²) in [4.78, 5) is 78.2. The summed E-state index contributed by atoms with van der Waals surface area (Å²) in [6.45, 7) is 0. The van der Waals surface area contributed by atoms with Gasteiger partial charge in [-0.2, -0.15) is 0 Å². The molecule has 4 aliphatic rings. The van der Waals surface area contributed by atoms with E-state index in [1.54, 1.807) is 24.3 Å². The van der Waals surface area contributed by atoms with Gasteiger partial charge in [0.25, 0.3) is 11.8 Å². The molecule has 7 rings (SSSR count). The molecule has 1 N–H and O–H groups in total. The number of nitro groups is 2. The molecule has 0 unspecified atom stereocenters. The number of fused-ring (bicyclic) bond motifs is 4. The van der Waals surface area contributed by atoms with Crippen molar-refractivity contribution in [3.8, 4) is 11.5 Å². The number of halogens is 3. The molecule has 3 aromatic carbocycles. The first-order valence-electron chi connectivity index (χ1n) is 16.8. The van der Waals surface area contributed by atoms with Crippen molar-refractivity contribution >= 4 is 81.3 Å². The minimum atomic E-state index is -2.23. The van der Waals surface area contributed by atoms with Gasteiger partial charge in [-0.1, -0.05) is 29.9 Å². The Balaban J connectivity index is 1.36. The molecule has 2 aliphatic carbocycles. The number of hydrogen-bond donors (Lipinski definition) is 1. The maximum atomic E-state index is 14.5. The van der Waals surface area contributed by atoms with Crippen molar-refractivity contribution in [2.24, 2.45) is 23.7 Å². The van der Waals surface area contributed by atoms with Gasteiger partial charge in [0.2, 0.25) is 11.8 Å². The van der Waals surface area contributed by atoms with E-state index in [1.165, 1.54) is 50.4 Å². The van der Waals surface area contributed by atoms with Crippen molar-refractivity contribution in [2.45, 2.75) is 22.6 Å². The van der Waals surface area contributed by atoms with E-state index >= 15 is 0 Å². The third-order valence-electron chi connectivity index (χ3n) is 10.8. The van der Waals surface area contributed by atoms with Crippen LogP contribution in [-0.4, -0.2) is 69.5 Å². The molecule has 2 saturated heterocycles. The molecule has 284 valence electrons. The number of rotatable bonds is 8. The number of imide groups is 2. The molecule has 55 heavy (non-hydrogen) atoms. The summed E-state index contributed by atoms with van der Waals surface area (Å²) in [6, 6.07) is 10.8. The number of alkyl halides is 2. The molecule has 2 heterocycles. The summed E-state index contributed by atoms with van der Waals surface area (Å²) < 4.78 is 19.1. The van der Waals surface area contributed by atoms with Gasteiger partial charge < -0.3 is 14.7 Å². The van der Waals surface area contributed by atoms with Crippen molar-refractivity contribution in [3.63, 3.8) is 0 Å². The monoisotopic (exact) mass is 793 g/mol. The molecule has 0 aromatic heterocycles. The molecule has 3 fully saturated rings. The number of anilines is 3. The molecule has 2 aliphatic heterocycles. The zero-order valence-electron chi connectivity index (χ0n) is 29.1. The fraction of sp³-hybridized carbons (Fsp3) is 0.297. The Morgan fingerprint density at radius 2 is 1.55 bits per heavy atom. The Labute approximate surface area is 321 Å². The summed E-state index contributed by atoms with van der Waals surface area (Å²) >= 11 is 14.7. The number of phenols is 1. The minimum absolute atomic E-state index is 0.00525. The quantitative estimate of drug-likeness (QED) is 0.0962. The van der Waals surface area contributed by atoms with E-state index in [0.717, 1.165) is 29.2 Å². The Hall–Kier alpha value is -5.87. The van der Waals surface area contributed by atoms with E-state index in [2.05, 4.69) is 0 Å². The lowest BCUT2D eigenvalue weighted by Crippen LogP contribution is -2.60. The molecule has 1 saturated carbocycles. The van der Waals surface area contributed by atoms with Gasteiger partial charge in [-0.25, -0.2) is 14.2 Å². The Kier molecular flexibility index (Phi) is 8.96. The molecule has 4 amide bonds. The number of hydrogen-bond acceptors (Lipinski definition) is 11. The van der Waals surface area contributed by atoms with Crippen LogP contribution in [0.2, 0.25) is 0 Å². The molecule has 15 nitrogen and oxygen atoms in total. The van der Waals surface area contributed by atoms with Crippen LogP contribution in [0.4, 0.5) is 32.8 Å². The summed E-state index contributed by atoms with van der Waals surface area (Å²) in [7, 11) is 4.11. The van der Waals surface area contributed by atoms with Crippen LogP contribution in [-0.2, 0) is 19.2 Å². The number of amides is 4. The highest BCUT2D eigenvalue weighted by Gasteiger charge is 2.76. The first-order chi connectivity index (χ1) is 26.0. The van der Waals surface area contributed by atoms with E-state index in [0.29, 0.717) is 16.0 Å².